The van der Waals surface area contributed by atoms with E-state index in [4.69, 9.17) is 4.74 Å². The summed E-state index contributed by atoms with van der Waals surface area (Å²) in [4.78, 5) is 0.152. The van der Waals surface area contributed by atoms with Crippen LogP contribution in [-0.4, -0.2) is 32.3 Å². The number of ether oxygens (including phenoxy) is 1. The first kappa shape index (κ1) is 16.9. The van der Waals surface area contributed by atoms with Gasteiger partial charge in [-0.2, -0.15) is 0 Å². The Hall–Kier alpha value is -1.11. The van der Waals surface area contributed by atoms with Crippen LogP contribution in [0, 0.1) is 5.92 Å². The SMILES string of the molecule is CC(C)COc1ccc(S(=O)(=O)NCC(C)(C)O)cc1. The molecule has 20 heavy (non-hydrogen) atoms. The van der Waals surface area contributed by atoms with Gasteiger partial charge in [0.2, 0.25) is 10.0 Å². The number of hydrogen-bond donors (Lipinski definition) is 2. The summed E-state index contributed by atoms with van der Waals surface area (Å²) in [7, 11) is -3.61. The third-order valence-corrected chi connectivity index (χ3v) is 3.83. The van der Waals surface area contributed by atoms with E-state index in [1.54, 1.807) is 26.0 Å². The number of sulfonamides is 1. The third kappa shape index (κ3) is 5.90. The van der Waals surface area contributed by atoms with Crippen molar-refractivity contribution in [3.8, 4) is 5.75 Å². The molecule has 2 N–H and O–H groups in total. The van der Waals surface area contributed by atoms with E-state index >= 15 is 0 Å². The predicted molar refractivity (Wildman–Crippen MR) is 78.3 cm³/mol. The highest BCUT2D eigenvalue weighted by atomic mass is 32.2. The van der Waals surface area contributed by atoms with Gasteiger partial charge in [0.05, 0.1) is 17.1 Å². The summed E-state index contributed by atoms with van der Waals surface area (Å²) in [6.45, 7) is 7.71. The van der Waals surface area contributed by atoms with E-state index in [9.17, 15) is 13.5 Å². The minimum absolute atomic E-state index is 0.0407. The van der Waals surface area contributed by atoms with Gasteiger partial charge in [0.1, 0.15) is 5.75 Å². The lowest BCUT2D eigenvalue weighted by molar-refractivity contribution is 0.0857. The Morgan fingerprint density at radius 1 is 1.25 bits per heavy atom. The monoisotopic (exact) mass is 301 g/mol. The van der Waals surface area contributed by atoms with Crippen molar-refractivity contribution in [1.29, 1.82) is 0 Å². The molecule has 0 saturated heterocycles. The van der Waals surface area contributed by atoms with Gasteiger partial charge >= 0.3 is 0 Å². The highest BCUT2D eigenvalue weighted by molar-refractivity contribution is 7.89. The topological polar surface area (TPSA) is 75.6 Å². The van der Waals surface area contributed by atoms with E-state index in [1.807, 2.05) is 13.8 Å². The van der Waals surface area contributed by atoms with Gasteiger partial charge in [-0.3, -0.25) is 0 Å². The zero-order valence-electron chi connectivity index (χ0n) is 12.4. The first-order valence-electron chi connectivity index (χ1n) is 6.55. The number of rotatable bonds is 7. The molecule has 0 aromatic heterocycles. The molecule has 0 unspecified atom stereocenters. The number of aliphatic hydroxyl groups is 1. The van der Waals surface area contributed by atoms with Gasteiger partial charge in [-0.05, 0) is 44.0 Å². The Morgan fingerprint density at radius 2 is 1.80 bits per heavy atom. The molecule has 0 amide bonds. The zero-order chi connectivity index (χ0) is 15.4. The lowest BCUT2D eigenvalue weighted by Crippen LogP contribution is -2.38. The van der Waals surface area contributed by atoms with Crippen molar-refractivity contribution < 1.29 is 18.3 Å². The second-order valence-corrected chi connectivity index (χ2v) is 7.58. The molecule has 5 nitrogen and oxygen atoms in total. The van der Waals surface area contributed by atoms with Crippen LogP contribution in [0.25, 0.3) is 0 Å². The number of hydrogen-bond acceptors (Lipinski definition) is 4. The maximum absolute atomic E-state index is 12.0. The van der Waals surface area contributed by atoms with Crippen LogP contribution in [0.1, 0.15) is 27.7 Å². The van der Waals surface area contributed by atoms with Crippen LogP contribution >= 0.6 is 0 Å². The Balaban J connectivity index is 2.72. The molecule has 0 spiro atoms. The fourth-order valence-electron chi connectivity index (χ4n) is 1.33. The summed E-state index contributed by atoms with van der Waals surface area (Å²) in [5.41, 5.74) is -1.09. The van der Waals surface area contributed by atoms with Gasteiger partial charge in [0.15, 0.2) is 0 Å². The summed E-state index contributed by atoms with van der Waals surface area (Å²) in [6, 6.07) is 6.23. The second-order valence-electron chi connectivity index (χ2n) is 5.81. The van der Waals surface area contributed by atoms with Crippen LogP contribution in [0.15, 0.2) is 29.2 Å². The third-order valence-electron chi connectivity index (χ3n) is 2.41. The van der Waals surface area contributed by atoms with Crippen LogP contribution in [0.2, 0.25) is 0 Å². The highest BCUT2D eigenvalue weighted by Crippen LogP contribution is 2.17. The van der Waals surface area contributed by atoms with Gasteiger partial charge in [-0.25, -0.2) is 13.1 Å². The first-order chi connectivity index (χ1) is 9.10. The molecule has 114 valence electrons. The molecule has 0 aliphatic heterocycles. The Kier molecular flexibility index (Phi) is 5.56. The quantitative estimate of drug-likeness (QED) is 0.805. The highest BCUT2D eigenvalue weighted by Gasteiger charge is 2.19. The fourth-order valence-corrected chi connectivity index (χ4v) is 2.54. The van der Waals surface area contributed by atoms with Gasteiger partial charge in [0.25, 0.3) is 0 Å². The minimum atomic E-state index is -3.61. The van der Waals surface area contributed by atoms with Crippen LogP contribution < -0.4 is 9.46 Å². The Bertz CT molecular complexity index is 515. The van der Waals surface area contributed by atoms with E-state index in [0.717, 1.165) is 0 Å². The molecule has 1 rings (SSSR count). The predicted octanol–water partition coefficient (Wildman–Crippen LogP) is 1.77. The molecule has 1 aromatic rings. The van der Waals surface area contributed by atoms with Crippen molar-refractivity contribution in [3.63, 3.8) is 0 Å². The summed E-state index contributed by atoms with van der Waals surface area (Å²) in [5, 5.41) is 9.55. The largest absolute Gasteiger partial charge is 0.493 e. The molecular weight excluding hydrogens is 278 g/mol. The van der Waals surface area contributed by atoms with E-state index in [-0.39, 0.29) is 11.4 Å². The van der Waals surface area contributed by atoms with E-state index in [2.05, 4.69) is 4.72 Å². The number of nitrogens with one attached hydrogen (secondary N) is 1. The van der Waals surface area contributed by atoms with Gasteiger partial charge in [-0.15, -0.1) is 0 Å². The average molecular weight is 301 g/mol. The van der Waals surface area contributed by atoms with Crippen molar-refractivity contribution in [1.82, 2.24) is 4.72 Å². The van der Waals surface area contributed by atoms with Crippen LogP contribution in [0.5, 0.6) is 5.75 Å². The molecule has 0 radical (unpaired) electrons. The molecule has 0 aliphatic carbocycles. The van der Waals surface area contributed by atoms with Crippen molar-refractivity contribution in [2.75, 3.05) is 13.2 Å². The smallest absolute Gasteiger partial charge is 0.240 e. The van der Waals surface area contributed by atoms with Crippen molar-refractivity contribution in [2.45, 2.75) is 38.2 Å². The normalized spacial score (nSPS) is 12.7. The first-order valence-corrected chi connectivity index (χ1v) is 8.03. The van der Waals surface area contributed by atoms with Gasteiger partial charge in [-0.1, -0.05) is 13.8 Å². The summed E-state index contributed by atoms with van der Waals surface area (Å²) in [5.74, 6) is 1.05. The van der Waals surface area contributed by atoms with Crippen LogP contribution in [0.4, 0.5) is 0 Å². The minimum Gasteiger partial charge on any atom is -0.493 e. The molecule has 0 fully saturated rings. The van der Waals surface area contributed by atoms with Gasteiger partial charge in [0, 0.05) is 6.54 Å². The summed E-state index contributed by atoms with van der Waals surface area (Å²) >= 11 is 0. The van der Waals surface area contributed by atoms with Gasteiger partial charge < -0.3 is 9.84 Å². The molecule has 0 atom stereocenters. The second kappa shape index (κ2) is 6.56. The standard InChI is InChI=1S/C14H23NO4S/c1-11(2)9-19-12-5-7-13(8-6-12)20(17,18)15-10-14(3,4)16/h5-8,11,15-16H,9-10H2,1-4H3. The molecule has 0 saturated carbocycles. The van der Waals surface area contributed by atoms with E-state index in [0.29, 0.717) is 18.3 Å². The van der Waals surface area contributed by atoms with Crippen molar-refractivity contribution in [3.05, 3.63) is 24.3 Å². The van der Waals surface area contributed by atoms with Crippen LogP contribution in [0.3, 0.4) is 0 Å². The zero-order valence-corrected chi connectivity index (χ0v) is 13.2. The Labute approximate surface area is 121 Å². The lowest BCUT2D eigenvalue weighted by Gasteiger charge is -2.17. The fraction of sp³-hybridized carbons (Fsp3) is 0.571. The molecule has 0 bridgehead atoms. The maximum atomic E-state index is 12.0. The average Bonchev–Trinajstić information content (AvgIpc) is 2.34. The molecule has 0 aliphatic rings. The molecule has 0 heterocycles. The summed E-state index contributed by atoms with van der Waals surface area (Å²) in [6.07, 6.45) is 0. The molecular formula is C14H23NO4S. The summed E-state index contributed by atoms with van der Waals surface area (Å²) < 4.78 is 31.8. The Morgan fingerprint density at radius 3 is 2.25 bits per heavy atom. The molecule has 1 aromatic carbocycles. The van der Waals surface area contributed by atoms with Crippen molar-refractivity contribution >= 4 is 10.0 Å². The van der Waals surface area contributed by atoms with E-state index < -0.39 is 15.6 Å². The van der Waals surface area contributed by atoms with Crippen molar-refractivity contribution in [2.24, 2.45) is 5.92 Å². The van der Waals surface area contributed by atoms with Crippen LogP contribution in [-0.2, 0) is 10.0 Å². The number of benzene rings is 1. The van der Waals surface area contributed by atoms with E-state index in [1.165, 1.54) is 12.1 Å². The molecule has 6 heteroatoms. The lowest BCUT2D eigenvalue weighted by atomic mass is 10.1. The maximum Gasteiger partial charge on any atom is 0.240 e.